The fourth-order valence-electron chi connectivity index (χ4n) is 6.69. The van der Waals surface area contributed by atoms with Crippen LogP contribution in [-0.2, 0) is 28.6 Å². The van der Waals surface area contributed by atoms with Crippen molar-refractivity contribution in [3.05, 3.63) is 134 Å². The monoisotopic (exact) mass is 925 g/mol. The first kappa shape index (κ1) is 62.5. The minimum Gasteiger partial charge on any atom is -0.462 e. The van der Waals surface area contributed by atoms with Gasteiger partial charge >= 0.3 is 17.9 Å². The molecule has 6 nitrogen and oxygen atoms in total. The third-order valence-corrected chi connectivity index (χ3v) is 10.6. The molecule has 0 spiro atoms. The standard InChI is InChI=1S/C61H96O6/c1-4-7-10-13-16-19-22-25-28-30-31-32-34-36-39-42-45-48-51-54-60(63)66-57-58(56-65-59(62)53-50-47-44-41-38-35-27-24-21-18-15-12-9-6-3)67-61(64)55-52-49-46-43-40-37-33-29-26-23-20-17-14-11-8-5-2/h7-8,10-11,16-17,19-20,25-26,28-29,31-32,35-40,46,49,58H,4-6,9,12-15,18,21-24,27,30,33-34,41-45,47-48,50-57H2,1-3H3/b10-7-,11-8-,19-16-,20-17-,28-25-,29-26-,32-31-,38-35-,39-36-,40-37-,49-46-. The van der Waals surface area contributed by atoms with E-state index in [0.29, 0.717) is 19.3 Å². The van der Waals surface area contributed by atoms with Gasteiger partial charge in [0.25, 0.3) is 0 Å². The van der Waals surface area contributed by atoms with Gasteiger partial charge in [0.1, 0.15) is 13.2 Å². The van der Waals surface area contributed by atoms with Gasteiger partial charge in [0, 0.05) is 19.3 Å². The second kappa shape index (κ2) is 54.2. The molecule has 0 radical (unpaired) electrons. The Hall–Kier alpha value is -4.45. The van der Waals surface area contributed by atoms with E-state index in [-0.39, 0.29) is 31.6 Å². The molecule has 0 aliphatic rings. The summed E-state index contributed by atoms with van der Waals surface area (Å²) in [5, 5.41) is 0. The lowest BCUT2D eigenvalue weighted by atomic mass is 10.1. The molecule has 0 heterocycles. The van der Waals surface area contributed by atoms with Gasteiger partial charge in [-0.1, -0.05) is 206 Å². The first-order valence-electron chi connectivity index (χ1n) is 26.7. The van der Waals surface area contributed by atoms with E-state index in [9.17, 15) is 14.4 Å². The summed E-state index contributed by atoms with van der Waals surface area (Å²) in [4.78, 5) is 38.0. The first-order chi connectivity index (χ1) is 33.0. The van der Waals surface area contributed by atoms with E-state index in [4.69, 9.17) is 14.2 Å². The van der Waals surface area contributed by atoms with E-state index < -0.39 is 12.1 Å². The highest BCUT2D eigenvalue weighted by atomic mass is 16.6. The van der Waals surface area contributed by atoms with Crippen LogP contribution >= 0.6 is 0 Å². The van der Waals surface area contributed by atoms with Crippen LogP contribution in [0, 0.1) is 0 Å². The number of allylic oxidation sites excluding steroid dienone is 22. The third kappa shape index (κ3) is 52.4. The van der Waals surface area contributed by atoms with Gasteiger partial charge in [0.15, 0.2) is 6.10 Å². The van der Waals surface area contributed by atoms with Crippen molar-refractivity contribution in [1.29, 1.82) is 0 Å². The minimum atomic E-state index is -0.842. The number of unbranched alkanes of at least 4 members (excludes halogenated alkanes) is 13. The summed E-state index contributed by atoms with van der Waals surface area (Å²) in [5.74, 6) is -1.07. The van der Waals surface area contributed by atoms with Gasteiger partial charge in [0.05, 0.1) is 0 Å². The van der Waals surface area contributed by atoms with Crippen molar-refractivity contribution >= 4 is 17.9 Å². The maximum atomic E-state index is 12.8. The summed E-state index contributed by atoms with van der Waals surface area (Å²) < 4.78 is 16.7. The quantitative estimate of drug-likeness (QED) is 0.0262. The number of carbonyl (C=O) groups excluding carboxylic acids is 3. The normalized spacial score (nSPS) is 13.2. The Kier molecular flexibility index (Phi) is 50.6. The maximum Gasteiger partial charge on any atom is 0.306 e. The van der Waals surface area contributed by atoms with Crippen LogP contribution in [0.5, 0.6) is 0 Å². The zero-order chi connectivity index (χ0) is 48.6. The number of ether oxygens (including phenoxy) is 3. The molecule has 0 saturated heterocycles. The summed E-state index contributed by atoms with van der Waals surface area (Å²) in [6.07, 6.45) is 75.9. The Morgan fingerprint density at radius 1 is 0.313 bits per heavy atom. The molecule has 0 saturated carbocycles. The molecule has 1 atom stereocenters. The molecule has 0 aromatic heterocycles. The van der Waals surface area contributed by atoms with Crippen molar-refractivity contribution in [2.75, 3.05) is 13.2 Å². The van der Waals surface area contributed by atoms with Crippen LogP contribution in [0.15, 0.2) is 134 Å². The van der Waals surface area contributed by atoms with E-state index >= 15 is 0 Å². The second-order valence-corrected chi connectivity index (χ2v) is 17.0. The van der Waals surface area contributed by atoms with Crippen LogP contribution < -0.4 is 0 Å². The summed E-state index contributed by atoms with van der Waals surface area (Å²) in [7, 11) is 0. The third-order valence-electron chi connectivity index (χ3n) is 10.6. The molecule has 6 heteroatoms. The SMILES string of the molecule is CC/C=C\C/C=C\C/C=C\C/C=C\C/C=C\CCCCCC(=O)OCC(COC(=O)CCCCC/C=C\CCCCCCCCC)OC(=O)CC/C=C\C/C=C\C/C=C\C/C=C\C/C=C\CC. The van der Waals surface area contributed by atoms with Crippen molar-refractivity contribution in [1.82, 2.24) is 0 Å². The predicted molar refractivity (Wildman–Crippen MR) is 288 cm³/mol. The highest BCUT2D eigenvalue weighted by molar-refractivity contribution is 5.71. The highest BCUT2D eigenvalue weighted by Gasteiger charge is 2.19. The molecule has 0 aromatic rings. The van der Waals surface area contributed by atoms with Gasteiger partial charge in [-0.25, -0.2) is 0 Å². The Morgan fingerprint density at radius 2 is 0.612 bits per heavy atom. The predicted octanol–water partition coefficient (Wildman–Crippen LogP) is 17.9. The lowest BCUT2D eigenvalue weighted by Gasteiger charge is -2.18. The lowest BCUT2D eigenvalue weighted by Crippen LogP contribution is -2.30. The molecule has 0 fully saturated rings. The topological polar surface area (TPSA) is 78.9 Å². The number of hydrogen-bond acceptors (Lipinski definition) is 6. The van der Waals surface area contributed by atoms with Crippen LogP contribution in [-0.4, -0.2) is 37.2 Å². The molecule has 0 rings (SSSR count). The van der Waals surface area contributed by atoms with Crippen LogP contribution in [0.1, 0.15) is 213 Å². The minimum absolute atomic E-state index is 0.131. The first-order valence-corrected chi connectivity index (χ1v) is 26.7. The van der Waals surface area contributed by atoms with E-state index in [1.165, 1.54) is 44.9 Å². The number of esters is 3. The zero-order valence-corrected chi connectivity index (χ0v) is 42.9. The second-order valence-electron chi connectivity index (χ2n) is 17.0. The fourth-order valence-corrected chi connectivity index (χ4v) is 6.69. The van der Waals surface area contributed by atoms with E-state index in [2.05, 4.69) is 142 Å². The van der Waals surface area contributed by atoms with Crippen molar-refractivity contribution in [2.24, 2.45) is 0 Å². The van der Waals surface area contributed by atoms with Crippen LogP contribution in [0.25, 0.3) is 0 Å². The lowest BCUT2D eigenvalue weighted by molar-refractivity contribution is -0.166. The van der Waals surface area contributed by atoms with Gasteiger partial charge in [-0.2, -0.15) is 0 Å². The molecule has 0 bridgehead atoms. The number of carbonyl (C=O) groups is 3. The zero-order valence-electron chi connectivity index (χ0n) is 42.9. The van der Waals surface area contributed by atoms with Crippen molar-refractivity contribution < 1.29 is 28.6 Å². The van der Waals surface area contributed by atoms with Crippen molar-refractivity contribution in [2.45, 2.75) is 219 Å². The van der Waals surface area contributed by atoms with E-state index in [1.54, 1.807) is 0 Å². The molecule has 1 unspecified atom stereocenters. The largest absolute Gasteiger partial charge is 0.462 e. The number of rotatable bonds is 46. The van der Waals surface area contributed by atoms with Gasteiger partial charge in [-0.05, 0) is 122 Å². The summed E-state index contributed by atoms with van der Waals surface area (Å²) >= 11 is 0. The molecular weight excluding hydrogens is 829 g/mol. The smallest absolute Gasteiger partial charge is 0.306 e. The molecule has 0 N–H and O–H groups in total. The van der Waals surface area contributed by atoms with Crippen LogP contribution in [0.4, 0.5) is 0 Å². The van der Waals surface area contributed by atoms with Crippen LogP contribution in [0.2, 0.25) is 0 Å². The van der Waals surface area contributed by atoms with Gasteiger partial charge in [0.2, 0.25) is 0 Å². The Labute approximate surface area is 411 Å². The summed E-state index contributed by atoms with van der Waals surface area (Å²) in [6.45, 7) is 6.28. The molecule has 67 heavy (non-hydrogen) atoms. The van der Waals surface area contributed by atoms with Crippen LogP contribution in [0.3, 0.4) is 0 Å². The van der Waals surface area contributed by atoms with Gasteiger partial charge in [-0.3, -0.25) is 14.4 Å². The molecular formula is C61H96O6. The molecule has 0 aliphatic heterocycles. The average Bonchev–Trinajstić information content (AvgIpc) is 3.33. The van der Waals surface area contributed by atoms with Crippen molar-refractivity contribution in [3.63, 3.8) is 0 Å². The molecule has 0 aliphatic carbocycles. The highest BCUT2D eigenvalue weighted by Crippen LogP contribution is 2.12. The summed E-state index contributed by atoms with van der Waals surface area (Å²) in [5.41, 5.74) is 0. The van der Waals surface area contributed by atoms with E-state index in [1.807, 2.05) is 12.2 Å². The van der Waals surface area contributed by atoms with Gasteiger partial charge < -0.3 is 14.2 Å². The average molecular weight is 925 g/mol. The maximum absolute atomic E-state index is 12.8. The van der Waals surface area contributed by atoms with E-state index in [0.717, 1.165) is 122 Å². The molecule has 0 aromatic carbocycles. The summed E-state index contributed by atoms with van der Waals surface area (Å²) in [6, 6.07) is 0. The van der Waals surface area contributed by atoms with Gasteiger partial charge in [-0.15, -0.1) is 0 Å². The van der Waals surface area contributed by atoms with Crippen molar-refractivity contribution in [3.8, 4) is 0 Å². The number of hydrogen-bond donors (Lipinski definition) is 0. The fraction of sp³-hybridized carbons (Fsp3) is 0.590. The Morgan fingerprint density at radius 3 is 0.985 bits per heavy atom. The Balaban J connectivity index is 4.59. The molecule has 0 amide bonds. The Bertz CT molecular complexity index is 1480. The molecule has 376 valence electrons.